The Morgan fingerprint density at radius 1 is 1.38 bits per heavy atom. The molecule has 0 bridgehead atoms. The molecule has 3 nitrogen and oxygen atoms in total. The Morgan fingerprint density at radius 3 is 2.75 bits per heavy atom. The monoisotopic (exact) mass is 348 g/mol. The first-order valence-electron chi connectivity index (χ1n) is 9.03. The molecule has 3 rings (SSSR count). The van der Waals surface area contributed by atoms with E-state index in [1.165, 1.54) is 35.9 Å². The third-order valence-corrected chi connectivity index (χ3v) is 6.22. The van der Waals surface area contributed by atoms with E-state index in [9.17, 15) is 5.11 Å². The number of aliphatic hydroxyl groups is 1. The number of hydrogen-bond donors (Lipinski definition) is 3. The number of rotatable bonds is 3. The number of aliphatic hydroxyl groups excluding tert-OH is 1. The standard InChI is InChI=1S/C18H27NOS.C2H5N/c1-11-7-8-17-16(9-11)18(13(3)21-17)12(2)19-14-5-4-6-15(20)10-14;1-2-3/h11,14-15,19-20H,2,4-10H2,1,3H3;2H,1,3H2. The van der Waals surface area contributed by atoms with Gasteiger partial charge in [-0.05, 0) is 69.6 Å². The molecule has 24 heavy (non-hydrogen) atoms. The lowest BCUT2D eigenvalue weighted by Gasteiger charge is -2.29. The zero-order valence-corrected chi connectivity index (χ0v) is 15.9. The summed E-state index contributed by atoms with van der Waals surface area (Å²) in [5, 5.41) is 13.4. The Morgan fingerprint density at radius 2 is 2.08 bits per heavy atom. The molecule has 4 heteroatoms. The van der Waals surface area contributed by atoms with Gasteiger partial charge in [0, 0.05) is 27.1 Å². The number of aryl methyl sites for hydroxylation is 2. The molecule has 2 aliphatic rings. The van der Waals surface area contributed by atoms with Crippen LogP contribution in [0.4, 0.5) is 0 Å². The number of hydrogen-bond acceptors (Lipinski definition) is 4. The van der Waals surface area contributed by atoms with Gasteiger partial charge in [-0.2, -0.15) is 0 Å². The summed E-state index contributed by atoms with van der Waals surface area (Å²) < 4.78 is 0. The van der Waals surface area contributed by atoms with Crippen LogP contribution in [0.1, 0.15) is 59.9 Å². The normalized spacial score (nSPS) is 25.9. The molecule has 0 spiro atoms. The molecule has 1 aromatic rings. The van der Waals surface area contributed by atoms with Crippen LogP contribution in [0.15, 0.2) is 19.4 Å². The van der Waals surface area contributed by atoms with Gasteiger partial charge in [-0.15, -0.1) is 11.3 Å². The molecular formula is C20H32N2OS. The third-order valence-electron chi connectivity index (χ3n) is 5.01. The van der Waals surface area contributed by atoms with Crippen LogP contribution < -0.4 is 11.1 Å². The van der Waals surface area contributed by atoms with Crippen molar-refractivity contribution in [3.8, 4) is 0 Å². The van der Waals surface area contributed by atoms with Gasteiger partial charge in [-0.1, -0.05) is 20.1 Å². The molecule has 2 aliphatic carbocycles. The quantitative estimate of drug-likeness (QED) is 0.769. The molecule has 0 amide bonds. The lowest BCUT2D eigenvalue weighted by molar-refractivity contribution is 0.116. The van der Waals surface area contributed by atoms with Gasteiger partial charge in [0.05, 0.1) is 6.10 Å². The molecule has 0 radical (unpaired) electrons. The lowest BCUT2D eigenvalue weighted by Crippen LogP contribution is -2.35. The van der Waals surface area contributed by atoms with E-state index in [1.54, 1.807) is 10.4 Å². The van der Waals surface area contributed by atoms with Crippen LogP contribution >= 0.6 is 11.3 Å². The minimum atomic E-state index is -0.137. The average molecular weight is 349 g/mol. The smallest absolute Gasteiger partial charge is 0.0559 e. The minimum absolute atomic E-state index is 0.137. The highest BCUT2D eigenvalue weighted by atomic mass is 32.1. The summed E-state index contributed by atoms with van der Waals surface area (Å²) >= 11 is 1.96. The van der Waals surface area contributed by atoms with Crippen LogP contribution in [0.25, 0.3) is 5.70 Å². The van der Waals surface area contributed by atoms with Crippen LogP contribution in [0.5, 0.6) is 0 Å². The summed E-state index contributed by atoms with van der Waals surface area (Å²) in [5.41, 5.74) is 8.62. The van der Waals surface area contributed by atoms with E-state index in [0.29, 0.717) is 6.04 Å². The van der Waals surface area contributed by atoms with Crippen molar-refractivity contribution in [2.45, 2.75) is 70.9 Å². The van der Waals surface area contributed by atoms with Crippen molar-refractivity contribution in [3.05, 3.63) is 40.2 Å². The number of fused-ring (bicyclic) bond motifs is 1. The van der Waals surface area contributed by atoms with E-state index in [0.717, 1.165) is 37.3 Å². The third kappa shape index (κ3) is 4.64. The van der Waals surface area contributed by atoms with Gasteiger partial charge in [0.1, 0.15) is 0 Å². The van der Waals surface area contributed by atoms with E-state index in [4.69, 9.17) is 0 Å². The van der Waals surface area contributed by atoms with Gasteiger partial charge >= 0.3 is 0 Å². The van der Waals surface area contributed by atoms with Crippen LogP contribution in [-0.2, 0) is 12.8 Å². The van der Waals surface area contributed by atoms with Crippen molar-refractivity contribution in [3.63, 3.8) is 0 Å². The maximum absolute atomic E-state index is 9.84. The molecular weight excluding hydrogens is 316 g/mol. The van der Waals surface area contributed by atoms with E-state index >= 15 is 0 Å². The summed E-state index contributed by atoms with van der Waals surface area (Å²) in [4.78, 5) is 2.98. The largest absolute Gasteiger partial charge is 0.405 e. The summed E-state index contributed by atoms with van der Waals surface area (Å²) in [5.74, 6) is 0.787. The molecule has 0 aromatic carbocycles. The first-order valence-corrected chi connectivity index (χ1v) is 9.85. The fourth-order valence-electron chi connectivity index (χ4n) is 3.90. The molecule has 1 heterocycles. The topological polar surface area (TPSA) is 58.3 Å². The van der Waals surface area contributed by atoms with Gasteiger partial charge in [0.15, 0.2) is 0 Å². The van der Waals surface area contributed by atoms with Crippen LogP contribution in [0.2, 0.25) is 0 Å². The second-order valence-corrected chi connectivity index (χ2v) is 8.47. The highest BCUT2D eigenvalue weighted by Gasteiger charge is 2.26. The summed E-state index contributed by atoms with van der Waals surface area (Å²) in [6, 6.07) is 0.386. The van der Waals surface area contributed by atoms with Crippen molar-refractivity contribution in [1.82, 2.24) is 5.32 Å². The van der Waals surface area contributed by atoms with Crippen molar-refractivity contribution in [1.29, 1.82) is 0 Å². The molecule has 134 valence electrons. The Bertz CT molecular complexity index is 578. The summed E-state index contributed by atoms with van der Waals surface area (Å²) in [6.07, 6.45) is 8.95. The molecule has 1 fully saturated rings. The van der Waals surface area contributed by atoms with Gasteiger partial charge in [-0.3, -0.25) is 0 Å². The molecule has 3 atom stereocenters. The van der Waals surface area contributed by atoms with Crippen molar-refractivity contribution >= 4 is 17.0 Å². The Hall–Kier alpha value is -1.26. The fraction of sp³-hybridized carbons (Fsp3) is 0.600. The average Bonchev–Trinajstić information content (AvgIpc) is 2.83. The van der Waals surface area contributed by atoms with Crippen molar-refractivity contribution < 1.29 is 5.11 Å². The first kappa shape index (κ1) is 19.1. The maximum atomic E-state index is 9.84. The lowest BCUT2D eigenvalue weighted by atomic mass is 9.86. The van der Waals surface area contributed by atoms with Crippen LogP contribution in [0.3, 0.4) is 0 Å². The van der Waals surface area contributed by atoms with Gasteiger partial charge in [0.25, 0.3) is 0 Å². The maximum Gasteiger partial charge on any atom is 0.0559 e. The van der Waals surface area contributed by atoms with Gasteiger partial charge in [-0.25, -0.2) is 0 Å². The van der Waals surface area contributed by atoms with Crippen molar-refractivity contribution in [2.24, 2.45) is 11.7 Å². The predicted molar refractivity (Wildman–Crippen MR) is 105 cm³/mol. The first-order chi connectivity index (χ1) is 11.5. The van der Waals surface area contributed by atoms with E-state index in [2.05, 4.69) is 38.1 Å². The van der Waals surface area contributed by atoms with E-state index in [1.807, 2.05) is 11.3 Å². The molecule has 1 saturated carbocycles. The molecule has 4 N–H and O–H groups in total. The number of nitrogens with two attached hydrogens (primary N) is 1. The van der Waals surface area contributed by atoms with E-state index in [-0.39, 0.29) is 6.10 Å². The zero-order valence-electron chi connectivity index (χ0n) is 15.1. The number of thiophene rings is 1. The summed E-state index contributed by atoms with van der Waals surface area (Å²) in [6.45, 7) is 12.0. The predicted octanol–water partition coefficient (Wildman–Crippen LogP) is 4.13. The second-order valence-electron chi connectivity index (χ2n) is 7.16. The van der Waals surface area contributed by atoms with Gasteiger partial charge < -0.3 is 16.2 Å². The molecule has 0 saturated heterocycles. The second kappa shape index (κ2) is 8.72. The Kier molecular flexibility index (Phi) is 6.93. The molecule has 3 unspecified atom stereocenters. The highest BCUT2D eigenvalue weighted by Crippen LogP contribution is 2.38. The van der Waals surface area contributed by atoms with Crippen molar-refractivity contribution in [2.75, 3.05) is 0 Å². The van der Waals surface area contributed by atoms with Gasteiger partial charge in [0.2, 0.25) is 0 Å². The zero-order chi connectivity index (χ0) is 17.7. The highest BCUT2D eigenvalue weighted by molar-refractivity contribution is 7.12. The Balaban J connectivity index is 0.000000647. The summed E-state index contributed by atoms with van der Waals surface area (Å²) in [7, 11) is 0. The van der Waals surface area contributed by atoms with Crippen LogP contribution in [-0.4, -0.2) is 17.3 Å². The fourth-order valence-corrected chi connectivity index (χ4v) is 5.15. The van der Waals surface area contributed by atoms with E-state index < -0.39 is 0 Å². The minimum Gasteiger partial charge on any atom is -0.405 e. The molecule has 1 aromatic heterocycles. The SMILES string of the molecule is C=C(NC1CCCC(O)C1)c1c(C)sc2c1CC(C)CC2.C=CN. The Labute approximate surface area is 150 Å². The van der Waals surface area contributed by atoms with Crippen LogP contribution in [0, 0.1) is 12.8 Å². The number of nitrogens with one attached hydrogen (secondary N) is 1. The molecule has 0 aliphatic heterocycles.